The van der Waals surface area contributed by atoms with Gasteiger partial charge in [-0.25, -0.2) is 4.98 Å². The third kappa shape index (κ3) is 1.07. The average Bonchev–Trinajstić information content (AvgIpc) is 2.64. The largest absolute Gasteiger partial charge is 0.491 e. The molecule has 0 unspecified atom stereocenters. The number of aromatic nitrogens is 4. The summed E-state index contributed by atoms with van der Waals surface area (Å²) in [6.45, 7) is 0. The van der Waals surface area contributed by atoms with Crippen LogP contribution in [0, 0.1) is 0 Å². The molecule has 0 radical (unpaired) electrons. The van der Waals surface area contributed by atoms with Gasteiger partial charge in [-0.05, 0) is 0 Å². The number of ether oxygens (including phenoxy) is 2. The number of hydrogen-bond acceptors (Lipinski definition) is 5. The highest BCUT2D eigenvalue weighted by molar-refractivity contribution is 5.51. The van der Waals surface area contributed by atoms with Crippen LogP contribution < -0.4 is 9.47 Å². The highest BCUT2D eigenvalue weighted by atomic mass is 16.5. The minimum absolute atomic E-state index is 0.383. The van der Waals surface area contributed by atoms with Gasteiger partial charge in [-0.15, -0.1) is 0 Å². The zero-order valence-corrected chi connectivity index (χ0v) is 7.26. The van der Waals surface area contributed by atoms with Gasteiger partial charge < -0.3 is 9.47 Å². The summed E-state index contributed by atoms with van der Waals surface area (Å²) in [4.78, 5) is 7.99. The fourth-order valence-electron chi connectivity index (χ4n) is 1.06. The van der Waals surface area contributed by atoms with Crippen LogP contribution in [0.2, 0.25) is 0 Å². The van der Waals surface area contributed by atoms with Crippen LogP contribution in [-0.2, 0) is 0 Å². The van der Waals surface area contributed by atoms with E-state index in [4.69, 9.17) is 9.47 Å². The van der Waals surface area contributed by atoms with Crippen molar-refractivity contribution >= 4 is 5.65 Å². The van der Waals surface area contributed by atoms with Gasteiger partial charge in [-0.2, -0.15) is 14.6 Å². The lowest BCUT2D eigenvalue weighted by atomic mass is 10.5. The van der Waals surface area contributed by atoms with Gasteiger partial charge in [0.05, 0.1) is 20.4 Å². The van der Waals surface area contributed by atoms with E-state index in [1.807, 2.05) is 0 Å². The Kier molecular flexibility index (Phi) is 1.73. The Balaban J connectivity index is 2.74. The highest BCUT2D eigenvalue weighted by Gasteiger charge is 2.08. The molecule has 0 fully saturated rings. The maximum absolute atomic E-state index is 5.04. The molecular weight excluding hydrogens is 172 g/mol. The molecule has 0 aliphatic carbocycles. The van der Waals surface area contributed by atoms with Gasteiger partial charge in [0.15, 0.2) is 5.75 Å². The lowest BCUT2D eigenvalue weighted by Crippen LogP contribution is -2.00. The average molecular weight is 180 g/mol. The van der Waals surface area contributed by atoms with E-state index in [1.54, 1.807) is 13.3 Å². The van der Waals surface area contributed by atoms with Crippen LogP contribution in [0.4, 0.5) is 0 Å². The summed E-state index contributed by atoms with van der Waals surface area (Å²) >= 11 is 0. The van der Waals surface area contributed by atoms with Crippen molar-refractivity contribution < 1.29 is 9.47 Å². The predicted molar refractivity (Wildman–Crippen MR) is 43.9 cm³/mol. The molecule has 68 valence electrons. The Morgan fingerprint density at radius 1 is 1.23 bits per heavy atom. The molecular formula is C7H8N4O2. The molecule has 2 aromatic heterocycles. The first-order valence-electron chi connectivity index (χ1n) is 3.63. The summed E-state index contributed by atoms with van der Waals surface area (Å²) in [7, 11) is 3.08. The molecule has 0 aliphatic rings. The van der Waals surface area contributed by atoms with Gasteiger partial charge >= 0.3 is 6.01 Å². The Morgan fingerprint density at radius 2 is 2.08 bits per heavy atom. The molecule has 0 bridgehead atoms. The fourth-order valence-corrected chi connectivity index (χ4v) is 1.06. The van der Waals surface area contributed by atoms with E-state index in [1.165, 1.54) is 18.0 Å². The van der Waals surface area contributed by atoms with Gasteiger partial charge in [-0.1, -0.05) is 0 Å². The predicted octanol–water partition coefficient (Wildman–Crippen LogP) is 0.141. The molecule has 0 aliphatic heterocycles. The Morgan fingerprint density at radius 3 is 2.77 bits per heavy atom. The third-order valence-corrected chi connectivity index (χ3v) is 1.64. The minimum atomic E-state index is 0.383. The van der Waals surface area contributed by atoms with Crippen molar-refractivity contribution in [2.45, 2.75) is 0 Å². The lowest BCUT2D eigenvalue weighted by molar-refractivity contribution is 0.359. The van der Waals surface area contributed by atoms with E-state index < -0.39 is 0 Å². The lowest BCUT2D eigenvalue weighted by Gasteiger charge is -2.03. The van der Waals surface area contributed by atoms with Crippen LogP contribution in [0.15, 0.2) is 12.5 Å². The Bertz CT molecular complexity index is 387. The van der Waals surface area contributed by atoms with Crippen LogP contribution in [0.25, 0.3) is 5.65 Å². The normalized spacial score (nSPS) is 10.3. The maximum atomic E-state index is 5.04. The van der Waals surface area contributed by atoms with Crippen molar-refractivity contribution in [1.29, 1.82) is 0 Å². The van der Waals surface area contributed by atoms with Crippen molar-refractivity contribution in [2.24, 2.45) is 0 Å². The van der Waals surface area contributed by atoms with E-state index in [9.17, 15) is 0 Å². The Hall–Kier alpha value is -1.85. The molecule has 2 heterocycles. The van der Waals surface area contributed by atoms with Crippen LogP contribution in [0.1, 0.15) is 0 Å². The van der Waals surface area contributed by atoms with Crippen LogP contribution in [0.3, 0.4) is 0 Å². The maximum Gasteiger partial charge on any atom is 0.319 e. The second-order valence-electron chi connectivity index (χ2n) is 2.31. The standard InChI is InChI=1S/C7H8N4O2/c1-12-5-3-8-7(13-2)11-6(5)9-4-10-11/h3-4H,1-2H3. The number of nitrogens with zero attached hydrogens (tertiary/aromatic N) is 4. The van der Waals surface area contributed by atoms with Gasteiger partial charge in [0.2, 0.25) is 5.65 Å². The van der Waals surface area contributed by atoms with Crippen molar-refractivity contribution in [1.82, 2.24) is 19.6 Å². The van der Waals surface area contributed by atoms with Crippen molar-refractivity contribution in [3.8, 4) is 11.8 Å². The zero-order valence-electron chi connectivity index (χ0n) is 7.26. The molecule has 0 spiro atoms. The third-order valence-electron chi connectivity index (χ3n) is 1.64. The molecule has 0 amide bonds. The van der Waals surface area contributed by atoms with Gasteiger partial charge in [-0.3, -0.25) is 0 Å². The Labute approximate surface area is 74.1 Å². The first kappa shape index (κ1) is 7.78. The van der Waals surface area contributed by atoms with Crippen molar-refractivity contribution in [3.05, 3.63) is 12.5 Å². The second-order valence-corrected chi connectivity index (χ2v) is 2.31. The molecule has 13 heavy (non-hydrogen) atoms. The molecule has 6 nitrogen and oxygen atoms in total. The fraction of sp³-hybridized carbons (Fsp3) is 0.286. The van der Waals surface area contributed by atoms with E-state index in [0.29, 0.717) is 17.4 Å². The van der Waals surface area contributed by atoms with Crippen LogP contribution in [0.5, 0.6) is 11.8 Å². The van der Waals surface area contributed by atoms with E-state index in [0.717, 1.165) is 0 Å². The highest BCUT2D eigenvalue weighted by Crippen LogP contribution is 2.18. The van der Waals surface area contributed by atoms with Crippen LogP contribution in [-0.4, -0.2) is 33.8 Å². The summed E-state index contributed by atoms with van der Waals surface area (Å²) in [5, 5.41) is 3.94. The topological polar surface area (TPSA) is 61.5 Å². The first-order valence-corrected chi connectivity index (χ1v) is 3.63. The minimum Gasteiger partial charge on any atom is -0.491 e. The number of hydrogen-bond donors (Lipinski definition) is 0. The quantitative estimate of drug-likeness (QED) is 0.657. The summed E-state index contributed by atoms with van der Waals surface area (Å²) in [5.74, 6) is 0.568. The van der Waals surface area contributed by atoms with Gasteiger partial charge in [0, 0.05) is 0 Å². The molecule has 0 saturated carbocycles. The van der Waals surface area contributed by atoms with Crippen molar-refractivity contribution in [3.63, 3.8) is 0 Å². The summed E-state index contributed by atoms with van der Waals surface area (Å²) in [6, 6.07) is 0.383. The van der Waals surface area contributed by atoms with Gasteiger partial charge in [0.25, 0.3) is 0 Å². The number of rotatable bonds is 2. The van der Waals surface area contributed by atoms with Gasteiger partial charge in [0.1, 0.15) is 6.33 Å². The first-order chi connectivity index (χ1) is 6.36. The second kappa shape index (κ2) is 2.89. The molecule has 0 atom stereocenters. The van der Waals surface area contributed by atoms with E-state index >= 15 is 0 Å². The monoisotopic (exact) mass is 180 g/mol. The summed E-state index contributed by atoms with van der Waals surface area (Å²) in [5.41, 5.74) is 0.592. The zero-order chi connectivity index (χ0) is 9.26. The number of fused-ring (bicyclic) bond motifs is 1. The number of methoxy groups -OCH3 is 2. The molecule has 6 heteroatoms. The van der Waals surface area contributed by atoms with Crippen molar-refractivity contribution in [2.75, 3.05) is 14.2 Å². The SMILES string of the molecule is COc1cnc(OC)n2ncnc12. The molecule has 0 aromatic carbocycles. The van der Waals surface area contributed by atoms with E-state index in [2.05, 4.69) is 15.1 Å². The summed E-state index contributed by atoms with van der Waals surface area (Å²) < 4.78 is 11.5. The molecule has 0 saturated heterocycles. The molecule has 0 N–H and O–H groups in total. The smallest absolute Gasteiger partial charge is 0.319 e. The van der Waals surface area contributed by atoms with E-state index in [-0.39, 0.29) is 0 Å². The molecule has 2 aromatic rings. The summed E-state index contributed by atoms with van der Waals surface area (Å²) in [6.07, 6.45) is 2.96. The van der Waals surface area contributed by atoms with Crippen LogP contribution >= 0.6 is 0 Å². The molecule has 2 rings (SSSR count).